The van der Waals surface area contributed by atoms with Crippen LogP contribution in [0.2, 0.25) is 5.02 Å². The van der Waals surface area contributed by atoms with Crippen molar-refractivity contribution in [3.63, 3.8) is 0 Å². The van der Waals surface area contributed by atoms with Crippen LogP contribution in [0.25, 0.3) is 0 Å². The van der Waals surface area contributed by atoms with Crippen LogP contribution < -0.4 is 5.73 Å². The molecule has 2 rings (SSSR count). The summed E-state index contributed by atoms with van der Waals surface area (Å²) >= 11 is 8.31. The van der Waals surface area contributed by atoms with Crippen molar-refractivity contribution in [1.29, 1.82) is 0 Å². The van der Waals surface area contributed by atoms with Crippen LogP contribution in [0.3, 0.4) is 0 Å². The van der Waals surface area contributed by atoms with E-state index in [1.54, 1.807) is 6.20 Å². The number of rotatable bonds is 3. The van der Waals surface area contributed by atoms with Crippen molar-refractivity contribution >= 4 is 34.2 Å². The normalized spacial score (nSPS) is 12.4. The number of hydrogen-bond donors (Lipinski definition) is 1. The van der Waals surface area contributed by atoms with E-state index in [9.17, 15) is 0 Å². The highest BCUT2D eigenvalue weighted by Crippen LogP contribution is 2.25. The maximum Gasteiger partial charge on any atom is 0.0451 e. The second-order valence-electron chi connectivity index (χ2n) is 4.24. The summed E-state index contributed by atoms with van der Waals surface area (Å²) in [6.07, 6.45) is 2.53. The van der Waals surface area contributed by atoms with Crippen LogP contribution in [0.5, 0.6) is 0 Å². The predicted molar refractivity (Wildman–Crippen MR) is 83.8 cm³/mol. The van der Waals surface area contributed by atoms with E-state index in [0.29, 0.717) is 0 Å². The third-order valence-corrected chi connectivity index (χ3v) is 4.11. The lowest BCUT2D eigenvalue weighted by Gasteiger charge is -2.15. The summed E-state index contributed by atoms with van der Waals surface area (Å²) in [6, 6.07) is 9.72. The number of nitrogens with zero attached hydrogens (tertiary/aromatic N) is 1. The molecule has 1 heterocycles. The fourth-order valence-electron chi connectivity index (χ4n) is 1.85. The van der Waals surface area contributed by atoms with Crippen LogP contribution in [0.15, 0.2) is 36.5 Å². The molecule has 0 saturated carbocycles. The smallest absolute Gasteiger partial charge is 0.0451 e. The fraction of sp³-hybridized carbons (Fsp3) is 0.214. The van der Waals surface area contributed by atoms with Crippen LogP contribution in [-0.2, 0) is 6.42 Å². The van der Waals surface area contributed by atoms with Crippen LogP contribution in [0.1, 0.15) is 22.9 Å². The highest BCUT2D eigenvalue weighted by atomic mass is 127. The molecule has 2 nitrogen and oxygen atoms in total. The fourth-order valence-corrected chi connectivity index (χ4v) is 2.77. The third kappa shape index (κ3) is 3.22. The zero-order valence-electron chi connectivity index (χ0n) is 10.0. The Kier molecular flexibility index (Phi) is 4.59. The molecule has 0 fully saturated rings. The van der Waals surface area contributed by atoms with E-state index in [0.717, 1.165) is 26.3 Å². The van der Waals surface area contributed by atoms with Gasteiger partial charge in [-0.1, -0.05) is 17.7 Å². The molecule has 1 aromatic heterocycles. The van der Waals surface area contributed by atoms with E-state index in [-0.39, 0.29) is 6.04 Å². The monoisotopic (exact) mass is 372 g/mol. The predicted octanol–water partition coefficient (Wildman–Crippen LogP) is 3.89. The number of aromatic nitrogens is 1. The molecule has 2 N–H and O–H groups in total. The molecule has 18 heavy (non-hydrogen) atoms. The van der Waals surface area contributed by atoms with Gasteiger partial charge in [0.1, 0.15) is 0 Å². The first-order chi connectivity index (χ1) is 8.58. The summed E-state index contributed by atoms with van der Waals surface area (Å²) < 4.78 is 1.14. The lowest BCUT2D eigenvalue weighted by Crippen LogP contribution is -2.16. The summed E-state index contributed by atoms with van der Waals surface area (Å²) in [6.45, 7) is 2.05. The zero-order valence-corrected chi connectivity index (χ0v) is 12.9. The van der Waals surface area contributed by atoms with E-state index in [4.69, 9.17) is 17.3 Å². The Morgan fingerprint density at radius 1 is 1.39 bits per heavy atom. The molecule has 1 unspecified atom stereocenters. The minimum Gasteiger partial charge on any atom is -0.324 e. The molecule has 2 aromatic rings. The molecule has 1 aromatic carbocycles. The second kappa shape index (κ2) is 5.99. The zero-order chi connectivity index (χ0) is 13.1. The van der Waals surface area contributed by atoms with E-state index in [2.05, 4.69) is 40.6 Å². The summed E-state index contributed by atoms with van der Waals surface area (Å²) in [4.78, 5) is 4.38. The number of nitrogens with two attached hydrogens (primary N) is 1. The highest BCUT2D eigenvalue weighted by Gasteiger charge is 2.13. The molecule has 0 spiro atoms. The molecular weight excluding hydrogens is 359 g/mol. The molecule has 0 bridgehead atoms. The van der Waals surface area contributed by atoms with Crippen molar-refractivity contribution in [3.8, 4) is 0 Å². The van der Waals surface area contributed by atoms with Gasteiger partial charge >= 0.3 is 0 Å². The Balaban J connectivity index is 2.25. The van der Waals surface area contributed by atoms with Gasteiger partial charge in [-0.2, -0.15) is 0 Å². The van der Waals surface area contributed by atoms with Crippen molar-refractivity contribution in [3.05, 3.63) is 61.9 Å². The second-order valence-corrected chi connectivity index (χ2v) is 5.84. The number of halogens is 2. The van der Waals surface area contributed by atoms with Gasteiger partial charge in [0, 0.05) is 32.9 Å². The van der Waals surface area contributed by atoms with E-state index >= 15 is 0 Å². The van der Waals surface area contributed by atoms with E-state index in [1.807, 2.05) is 24.3 Å². The third-order valence-electron chi connectivity index (χ3n) is 2.89. The van der Waals surface area contributed by atoms with Gasteiger partial charge in [0.25, 0.3) is 0 Å². The van der Waals surface area contributed by atoms with Crippen LogP contribution in [0.4, 0.5) is 0 Å². The number of aryl methyl sites for hydroxylation is 1. The van der Waals surface area contributed by atoms with Crippen molar-refractivity contribution < 1.29 is 0 Å². The minimum atomic E-state index is -0.0794. The van der Waals surface area contributed by atoms with Crippen LogP contribution >= 0.6 is 34.2 Å². The number of benzene rings is 1. The van der Waals surface area contributed by atoms with Gasteiger partial charge in [-0.05, 0) is 64.9 Å². The first-order valence-electron chi connectivity index (χ1n) is 5.69. The van der Waals surface area contributed by atoms with Gasteiger partial charge in [-0.3, -0.25) is 4.98 Å². The van der Waals surface area contributed by atoms with Gasteiger partial charge in [0.05, 0.1) is 0 Å². The topological polar surface area (TPSA) is 38.9 Å². The average Bonchev–Trinajstić information content (AvgIpc) is 2.35. The van der Waals surface area contributed by atoms with Gasteiger partial charge in [-0.15, -0.1) is 0 Å². The number of pyridine rings is 1. The molecule has 0 amide bonds. The van der Waals surface area contributed by atoms with E-state index < -0.39 is 0 Å². The van der Waals surface area contributed by atoms with Crippen molar-refractivity contribution in [2.75, 3.05) is 0 Å². The highest BCUT2D eigenvalue weighted by molar-refractivity contribution is 14.1. The quantitative estimate of drug-likeness (QED) is 0.830. The van der Waals surface area contributed by atoms with Crippen LogP contribution in [0, 0.1) is 10.5 Å². The molecule has 0 saturated heterocycles. The van der Waals surface area contributed by atoms with Gasteiger partial charge < -0.3 is 5.73 Å². The Hall–Kier alpha value is -0.650. The van der Waals surface area contributed by atoms with E-state index in [1.165, 1.54) is 5.56 Å². The minimum absolute atomic E-state index is 0.0794. The molecule has 0 aliphatic rings. The summed E-state index contributed by atoms with van der Waals surface area (Å²) in [7, 11) is 0. The Bertz CT molecular complexity index is 557. The van der Waals surface area contributed by atoms with Gasteiger partial charge in [0.2, 0.25) is 0 Å². The maximum absolute atomic E-state index is 6.26. The first kappa shape index (κ1) is 13.8. The Morgan fingerprint density at radius 2 is 2.17 bits per heavy atom. The van der Waals surface area contributed by atoms with Crippen LogP contribution in [-0.4, -0.2) is 4.98 Å². The Labute approximate surface area is 126 Å². The average molecular weight is 373 g/mol. The van der Waals surface area contributed by atoms with Crippen molar-refractivity contribution in [2.24, 2.45) is 5.73 Å². The summed E-state index contributed by atoms with van der Waals surface area (Å²) in [5, 5.41) is 0.721. The maximum atomic E-state index is 6.26. The Morgan fingerprint density at radius 3 is 2.89 bits per heavy atom. The van der Waals surface area contributed by atoms with Crippen molar-refractivity contribution in [1.82, 2.24) is 4.98 Å². The summed E-state index contributed by atoms with van der Waals surface area (Å²) in [5.41, 5.74) is 9.55. The molecule has 0 radical (unpaired) electrons. The molecule has 4 heteroatoms. The number of hydrogen-bond acceptors (Lipinski definition) is 2. The lowest BCUT2D eigenvalue weighted by atomic mass is 10.0. The standard InChI is InChI=1S/C14H14ClIN2/c1-9-3-2-6-18-14(9)8-13(17)11-7-10(15)4-5-12(11)16/h2-7,13H,8,17H2,1H3. The molecule has 0 aliphatic heterocycles. The largest absolute Gasteiger partial charge is 0.324 e. The summed E-state index contributed by atoms with van der Waals surface area (Å²) in [5.74, 6) is 0. The molecule has 94 valence electrons. The molecule has 0 aliphatic carbocycles. The first-order valence-corrected chi connectivity index (χ1v) is 7.14. The lowest BCUT2D eigenvalue weighted by molar-refractivity contribution is 0.699. The molecule has 1 atom stereocenters. The van der Waals surface area contributed by atoms with Gasteiger partial charge in [0.15, 0.2) is 0 Å². The van der Waals surface area contributed by atoms with Crippen molar-refractivity contribution in [2.45, 2.75) is 19.4 Å². The molecular formula is C14H14ClIN2. The SMILES string of the molecule is Cc1cccnc1CC(N)c1cc(Cl)ccc1I. The van der Waals surface area contributed by atoms with Gasteiger partial charge in [-0.25, -0.2) is 0 Å².